The third-order valence-electron chi connectivity index (χ3n) is 9.21. The first-order valence-corrected chi connectivity index (χ1v) is 15.4. The first-order chi connectivity index (χ1) is 22.7. The van der Waals surface area contributed by atoms with Gasteiger partial charge < -0.3 is 24.4 Å². The molecule has 0 radical (unpaired) electrons. The summed E-state index contributed by atoms with van der Waals surface area (Å²) in [4.78, 5) is 54.1. The molecule has 3 atom stereocenters. The number of rotatable bonds is 7. The van der Waals surface area contributed by atoms with Crippen LogP contribution in [0.15, 0.2) is 89.2 Å². The Hall–Kier alpha value is -5.39. The summed E-state index contributed by atoms with van der Waals surface area (Å²) in [6.07, 6.45) is 6.33. The molecule has 7 rings (SSSR count). The van der Waals surface area contributed by atoms with E-state index in [0.29, 0.717) is 25.0 Å². The lowest BCUT2D eigenvalue weighted by atomic mass is 9.83. The lowest BCUT2D eigenvalue weighted by molar-refractivity contribution is -0.0656. The van der Waals surface area contributed by atoms with E-state index in [9.17, 15) is 23.2 Å². The first-order valence-electron chi connectivity index (χ1n) is 15.4. The van der Waals surface area contributed by atoms with E-state index in [1.54, 1.807) is 21.9 Å². The molecule has 12 heteroatoms. The minimum atomic E-state index is -0.902. The molecular weight excluding hydrogens is 608 g/mol. The minimum absolute atomic E-state index is 0.0230. The molecule has 0 unspecified atom stereocenters. The Morgan fingerprint density at radius 3 is 2.72 bits per heavy atom. The quantitative estimate of drug-likeness (QED) is 0.312. The van der Waals surface area contributed by atoms with Crippen molar-refractivity contribution in [2.75, 3.05) is 6.54 Å². The van der Waals surface area contributed by atoms with Crippen molar-refractivity contribution >= 4 is 17.5 Å². The Morgan fingerprint density at radius 2 is 1.96 bits per heavy atom. The molecular formula is C35H31F2N5O5. The molecule has 47 heavy (non-hydrogen) atoms. The monoisotopic (exact) mass is 639 g/mol. The van der Waals surface area contributed by atoms with Gasteiger partial charge in [-0.2, -0.15) is 0 Å². The largest absolute Gasteiger partial charge is 0.483 e. The van der Waals surface area contributed by atoms with Gasteiger partial charge in [0.1, 0.15) is 23.8 Å². The molecule has 2 aromatic heterocycles. The maximum atomic E-state index is 14.4. The standard InChI is InChI=1S/C35H31F2N5O5/c1-21-11-12-35(15-28(40-47-35)24-8-5-13-38-16-24)29-19-41(21)34(45)30-32(46-20-22-6-3-2-4-7-22)31(43)26(18-42(29)30)33(44)39-17-23-9-10-25(36)14-27(23)37/h2-10,13-14,16,18,21,29H,11-12,15,17,19-20H2,1H3,(H,39,44)/t21-,29+,35-/m0/s1. The van der Waals surface area contributed by atoms with Crippen LogP contribution in [-0.4, -0.2) is 50.2 Å². The summed E-state index contributed by atoms with van der Waals surface area (Å²) in [5.74, 6) is -3.03. The van der Waals surface area contributed by atoms with Gasteiger partial charge >= 0.3 is 0 Å². The lowest BCUT2D eigenvalue weighted by Crippen LogP contribution is -2.52. The van der Waals surface area contributed by atoms with Gasteiger partial charge in [0.05, 0.1) is 11.8 Å². The molecule has 5 heterocycles. The molecule has 1 saturated heterocycles. The normalized spacial score (nSPS) is 21.5. The predicted molar refractivity (Wildman–Crippen MR) is 167 cm³/mol. The summed E-state index contributed by atoms with van der Waals surface area (Å²) in [5.41, 5.74) is 0.365. The van der Waals surface area contributed by atoms with Crippen LogP contribution in [0, 0.1) is 11.6 Å². The third kappa shape index (κ3) is 5.53. The van der Waals surface area contributed by atoms with Crippen LogP contribution in [0.5, 0.6) is 5.75 Å². The average molecular weight is 640 g/mol. The zero-order valence-electron chi connectivity index (χ0n) is 25.5. The number of ether oxygens (including phenoxy) is 1. The third-order valence-corrected chi connectivity index (χ3v) is 9.21. The molecule has 1 fully saturated rings. The van der Waals surface area contributed by atoms with E-state index in [4.69, 9.17) is 9.57 Å². The van der Waals surface area contributed by atoms with Crippen molar-refractivity contribution in [3.8, 4) is 5.75 Å². The molecule has 2 aromatic carbocycles. The average Bonchev–Trinajstić information content (AvgIpc) is 3.47. The van der Waals surface area contributed by atoms with E-state index >= 15 is 0 Å². The maximum absolute atomic E-state index is 14.4. The van der Waals surface area contributed by atoms with Gasteiger partial charge in [-0.05, 0) is 43.5 Å². The number of hydrogen-bond donors (Lipinski definition) is 1. The Bertz CT molecular complexity index is 1950. The number of oxime groups is 1. The van der Waals surface area contributed by atoms with Crippen molar-refractivity contribution < 1.29 is 27.9 Å². The van der Waals surface area contributed by atoms with Crippen LogP contribution in [0.1, 0.15) is 69.8 Å². The van der Waals surface area contributed by atoms with Gasteiger partial charge in [-0.3, -0.25) is 19.4 Å². The van der Waals surface area contributed by atoms with Crippen LogP contribution < -0.4 is 15.5 Å². The van der Waals surface area contributed by atoms with Crippen LogP contribution in [0.4, 0.5) is 8.78 Å². The number of amides is 2. The number of benzene rings is 2. The molecule has 2 amide bonds. The van der Waals surface area contributed by atoms with Crippen molar-refractivity contribution in [1.82, 2.24) is 19.8 Å². The fourth-order valence-corrected chi connectivity index (χ4v) is 6.59. The molecule has 3 aliphatic rings. The van der Waals surface area contributed by atoms with Crippen molar-refractivity contribution in [2.45, 2.75) is 57.0 Å². The molecule has 1 spiro atoms. The summed E-state index contributed by atoms with van der Waals surface area (Å²) < 4.78 is 35.6. The van der Waals surface area contributed by atoms with Gasteiger partial charge in [-0.25, -0.2) is 8.78 Å². The fraction of sp³-hybridized carbons (Fsp3) is 0.286. The van der Waals surface area contributed by atoms with Gasteiger partial charge in [0, 0.05) is 61.3 Å². The highest BCUT2D eigenvalue weighted by Crippen LogP contribution is 2.47. The van der Waals surface area contributed by atoms with E-state index in [2.05, 4.69) is 15.5 Å². The Morgan fingerprint density at radius 1 is 1.13 bits per heavy atom. The summed E-state index contributed by atoms with van der Waals surface area (Å²) in [7, 11) is 0. The molecule has 0 aliphatic carbocycles. The Balaban J connectivity index is 1.32. The van der Waals surface area contributed by atoms with Gasteiger partial charge in [0.25, 0.3) is 11.8 Å². The van der Waals surface area contributed by atoms with E-state index in [-0.39, 0.29) is 48.3 Å². The van der Waals surface area contributed by atoms with Crippen LogP contribution in [0.2, 0.25) is 0 Å². The summed E-state index contributed by atoms with van der Waals surface area (Å²) in [5, 5.41) is 7.04. The SMILES string of the molecule is C[C@H]1CC[C@]2(CC(c3cccnc3)=NO2)[C@H]2CN1C(=O)c1c(OCc3ccccc3)c(=O)c(C(=O)NCc3ccc(F)cc3F)cn12. The van der Waals surface area contributed by atoms with Gasteiger partial charge in [-0.15, -0.1) is 0 Å². The molecule has 10 nitrogen and oxygen atoms in total. The lowest BCUT2D eigenvalue weighted by Gasteiger charge is -2.42. The van der Waals surface area contributed by atoms with Crippen LogP contribution >= 0.6 is 0 Å². The molecule has 2 bridgehead atoms. The van der Waals surface area contributed by atoms with E-state index in [0.717, 1.165) is 23.3 Å². The van der Waals surface area contributed by atoms with Crippen molar-refractivity contribution in [3.05, 3.63) is 129 Å². The van der Waals surface area contributed by atoms with Crippen molar-refractivity contribution in [1.29, 1.82) is 0 Å². The smallest absolute Gasteiger partial charge is 0.274 e. The number of nitrogens with zero attached hydrogens (tertiary/aromatic N) is 4. The Labute approximate surface area is 268 Å². The topological polar surface area (TPSA) is 115 Å². The molecule has 4 aromatic rings. The second kappa shape index (κ2) is 12.1. The highest BCUT2D eigenvalue weighted by atomic mass is 19.1. The summed E-state index contributed by atoms with van der Waals surface area (Å²) in [6.45, 7) is 1.89. The first kappa shape index (κ1) is 30.3. The minimum Gasteiger partial charge on any atom is -0.483 e. The number of pyridine rings is 2. The number of nitrogens with one attached hydrogen (secondary N) is 1. The van der Waals surface area contributed by atoms with Crippen LogP contribution in [0.3, 0.4) is 0 Å². The summed E-state index contributed by atoms with van der Waals surface area (Å²) in [6, 6.07) is 15.2. The number of fused-ring (bicyclic) bond motifs is 5. The summed E-state index contributed by atoms with van der Waals surface area (Å²) >= 11 is 0. The van der Waals surface area contributed by atoms with Crippen molar-refractivity contribution in [2.24, 2.45) is 5.16 Å². The number of hydrogen-bond acceptors (Lipinski definition) is 7. The predicted octanol–water partition coefficient (Wildman–Crippen LogP) is 4.77. The van der Waals surface area contributed by atoms with E-state index in [1.165, 1.54) is 12.3 Å². The van der Waals surface area contributed by atoms with Crippen molar-refractivity contribution in [3.63, 3.8) is 0 Å². The van der Waals surface area contributed by atoms with E-state index in [1.807, 2.05) is 49.4 Å². The highest BCUT2D eigenvalue weighted by Gasteiger charge is 2.54. The maximum Gasteiger partial charge on any atom is 0.274 e. The van der Waals surface area contributed by atoms with Crippen LogP contribution in [-0.2, 0) is 18.0 Å². The van der Waals surface area contributed by atoms with E-state index < -0.39 is 40.5 Å². The molecule has 240 valence electrons. The second-order valence-electron chi connectivity index (χ2n) is 12.1. The molecule has 0 saturated carbocycles. The van der Waals surface area contributed by atoms with Gasteiger partial charge in [-0.1, -0.05) is 41.6 Å². The Kier molecular flexibility index (Phi) is 7.78. The zero-order chi connectivity index (χ0) is 32.7. The number of aromatic nitrogens is 2. The number of carbonyl (C=O) groups excluding carboxylic acids is 2. The highest BCUT2D eigenvalue weighted by molar-refractivity contribution is 6.02. The second-order valence-corrected chi connectivity index (χ2v) is 12.1. The molecule has 3 aliphatic heterocycles. The van der Waals surface area contributed by atoms with Crippen LogP contribution in [0.25, 0.3) is 0 Å². The fourth-order valence-electron chi connectivity index (χ4n) is 6.59. The van der Waals surface area contributed by atoms with Gasteiger partial charge in [0.15, 0.2) is 17.0 Å². The zero-order valence-corrected chi connectivity index (χ0v) is 25.5. The number of carbonyl (C=O) groups is 2. The van der Waals surface area contributed by atoms with Gasteiger partial charge in [0.2, 0.25) is 5.43 Å². The number of halogens is 2. The molecule has 1 N–H and O–H groups in total.